The summed E-state index contributed by atoms with van der Waals surface area (Å²) >= 11 is 0. The van der Waals surface area contributed by atoms with Crippen LogP contribution in [0.3, 0.4) is 0 Å². The quantitative estimate of drug-likeness (QED) is 0.616. The third kappa shape index (κ3) is 3.37. The second-order valence-corrected chi connectivity index (χ2v) is 3.16. The normalized spacial score (nSPS) is 11.3. The first-order valence-corrected chi connectivity index (χ1v) is 3.83. The molecule has 0 aromatic rings. The van der Waals surface area contributed by atoms with E-state index in [0.717, 1.165) is 6.54 Å². The second kappa shape index (κ2) is 4.34. The van der Waals surface area contributed by atoms with Crippen molar-refractivity contribution >= 4 is 5.97 Å². The lowest BCUT2D eigenvalue weighted by molar-refractivity contribution is -0.150. The fourth-order valence-electron chi connectivity index (χ4n) is 0.786. The molecule has 0 saturated carbocycles. The first-order chi connectivity index (χ1) is 5.04. The molecule has 3 nitrogen and oxygen atoms in total. The van der Waals surface area contributed by atoms with Crippen molar-refractivity contribution in [3.63, 3.8) is 0 Å². The highest BCUT2D eigenvalue weighted by Crippen LogP contribution is 2.14. The molecule has 0 heterocycles. The van der Waals surface area contributed by atoms with Crippen LogP contribution in [0.4, 0.5) is 0 Å². The van der Waals surface area contributed by atoms with Gasteiger partial charge < -0.3 is 10.1 Å². The van der Waals surface area contributed by atoms with E-state index in [9.17, 15) is 4.79 Å². The van der Waals surface area contributed by atoms with Crippen LogP contribution in [0.1, 0.15) is 20.8 Å². The summed E-state index contributed by atoms with van der Waals surface area (Å²) in [4.78, 5) is 11.1. The number of esters is 1. The van der Waals surface area contributed by atoms with Crippen molar-refractivity contribution in [3.05, 3.63) is 0 Å². The zero-order valence-electron chi connectivity index (χ0n) is 7.73. The minimum absolute atomic E-state index is 0.168. The molecule has 0 fully saturated rings. The minimum Gasteiger partial charge on any atom is -0.469 e. The summed E-state index contributed by atoms with van der Waals surface area (Å²) in [7, 11) is 1.41. The Kier molecular flexibility index (Phi) is 4.11. The number of methoxy groups -OCH3 is 1. The molecular formula is C8H17NO2. The van der Waals surface area contributed by atoms with E-state index < -0.39 is 5.41 Å². The van der Waals surface area contributed by atoms with Gasteiger partial charge in [-0.3, -0.25) is 4.79 Å². The molecule has 0 radical (unpaired) electrons. The van der Waals surface area contributed by atoms with Gasteiger partial charge in [-0.05, 0) is 20.4 Å². The van der Waals surface area contributed by atoms with Crippen molar-refractivity contribution in [1.29, 1.82) is 0 Å². The van der Waals surface area contributed by atoms with Gasteiger partial charge in [-0.25, -0.2) is 0 Å². The van der Waals surface area contributed by atoms with Gasteiger partial charge in [0.1, 0.15) is 0 Å². The lowest BCUT2D eigenvalue weighted by Crippen LogP contribution is -2.36. The summed E-state index contributed by atoms with van der Waals surface area (Å²) in [6, 6.07) is 0. The van der Waals surface area contributed by atoms with E-state index in [1.54, 1.807) is 0 Å². The SMILES string of the molecule is CCNCC(C)(C)C(=O)OC. The number of ether oxygens (including phenoxy) is 1. The van der Waals surface area contributed by atoms with Crippen molar-refractivity contribution in [2.24, 2.45) is 5.41 Å². The van der Waals surface area contributed by atoms with E-state index in [4.69, 9.17) is 0 Å². The van der Waals surface area contributed by atoms with Crippen molar-refractivity contribution < 1.29 is 9.53 Å². The Labute approximate surface area is 68.1 Å². The summed E-state index contributed by atoms with van der Waals surface area (Å²) < 4.78 is 4.63. The third-order valence-corrected chi connectivity index (χ3v) is 1.55. The van der Waals surface area contributed by atoms with Crippen molar-refractivity contribution in [2.75, 3.05) is 20.2 Å². The minimum atomic E-state index is -0.412. The number of rotatable bonds is 4. The first-order valence-electron chi connectivity index (χ1n) is 3.83. The van der Waals surface area contributed by atoms with Crippen molar-refractivity contribution in [2.45, 2.75) is 20.8 Å². The Bertz CT molecular complexity index is 132. The molecule has 0 aliphatic carbocycles. The maximum atomic E-state index is 11.1. The summed E-state index contributed by atoms with van der Waals surface area (Å²) in [6.07, 6.45) is 0. The van der Waals surface area contributed by atoms with Crippen LogP contribution in [0.5, 0.6) is 0 Å². The summed E-state index contributed by atoms with van der Waals surface area (Å²) in [5.74, 6) is -0.168. The molecule has 0 rings (SSSR count). The fourth-order valence-corrected chi connectivity index (χ4v) is 0.786. The van der Waals surface area contributed by atoms with Crippen LogP contribution < -0.4 is 5.32 Å². The average molecular weight is 159 g/mol. The fraction of sp³-hybridized carbons (Fsp3) is 0.875. The van der Waals surface area contributed by atoms with Crippen LogP contribution >= 0.6 is 0 Å². The van der Waals surface area contributed by atoms with Crippen LogP contribution in [0.25, 0.3) is 0 Å². The van der Waals surface area contributed by atoms with Crippen LogP contribution in [0.2, 0.25) is 0 Å². The largest absolute Gasteiger partial charge is 0.469 e. The van der Waals surface area contributed by atoms with Crippen LogP contribution in [0, 0.1) is 5.41 Å². The van der Waals surface area contributed by atoms with E-state index in [1.807, 2.05) is 20.8 Å². The smallest absolute Gasteiger partial charge is 0.312 e. The Morgan fingerprint density at radius 1 is 1.55 bits per heavy atom. The van der Waals surface area contributed by atoms with Gasteiger partial charge in [-0.1, -0.05) is 6.92 Å². The summed E-state index contributed by atoms with van der Waals surface area (Å²) in [6.45, 7) is 7.27. The monoisotopic (exact) mass is 159 g/mol. The van der Waals surface area contributed by atoms with Crippen LogP contribution in [-0.4, -0.2) is 26.2 Å². The number of hydrogen-bond donors (Lipinski definition) is 1. The molecule has 0 aliphatic rings. The molecule has 0 aromatic heterocycles. The number of carbonyl (C=O) groups is 1. The summed E-state index contributed by atoms with van der Waals surface area (Å²) in [5, 5.41) is 3.10. The Morgan fingerprint density at radius 3 is 2.45 bits per heavy atom. The molecule has 0 bridgehead atoms. The Morgan fingerprint density at radius 2 is 2.09 bits per heavy atom. The molecule has 0 atom stereocenters. The highest BCUT2D eigenvalue weighted by atomic mass is 16.5. The highest BCUT2D eigenvalue weighted by molar-refractivity contribution is 5.75. The van der Waals surface area contributed by atoms with E-state index in [1.165, 1.54) is 7.11 Å². The molecule has 0 aliphatic heterocycles. The zero-order chi connectivity index (χ0) is 8.91. The predicted molar refractivity (Wildman–Crippen MR) is 44.3 cm³/mol. The second-order valence-electron chi connectivity index (χ2n) is 3.16. The van der Waals surface area contributed by atoms with Gasteiger partial charge in [0.2, 0.25) is 0 Å². The molecule has 3 heteroatoms. The lowest BCUT2D eigenvalue weighted by atomic mass is 9.94. The van der Waals surface area contributed by atoms with Gasteiger partial charge in [-0.2, -0.15) is 0 Å². The van der Waals surface area contributed by atoms with E-state index in [2.05, 4.69) is 10.1 Å². The van der Waals surface area contributed by atoms with Gasteiger partial charge in [0.05, 0.1) is 12.5 Å². The topological polar surface area (TPSA) is 38.3 Å². The highest BCUT2D eigenvalue weighted by Gasteiger charge is 2.27. The lowest BCUT2D eigenvalue weighted by Gasteiger charge is -2.21. The maximum absolute atomic E-state index is 11.1. The molecule has 0 saturated heterocycles. The number of hydrogen-bond acceptors (Lipinski definition) is 3. The van der Waals surface area contributed by atoms with E-state index in [-0.39, 0.29) is 5.97 Å². The number of nitrogens with one attached hydrogen (secondary N) is 1. The average Bonchev–Trinajstić information content (AvgIpc) is 1.99. The van der Waals surface area contributed by atoms with Gasteiger partial charge >= 0.3 is 5.97 Å². The Balaban J connectivity index is 3.88. The number of carbonyl (C=O) groups excluding carboxylic acids is 1. The van der Waals surface area contributed by atoms with Gasteiger partial charge in [0, 0.05) is 6.54 Å². The molecule has 66 valence electrons. The molecule has 0 aromatic carbocycles. The van der Waals surface area contributed by atoms with Crippen molar-refractivity contribution in [1.82, 2.24) is 5.32 Å². The van der Waals surface area contributed by atoms with Crippen LogP contribution in [-0.2, 0) is 9.53 Å². The molecule has 1 N–H and O–H groups in total. The van der Waals surface area contributed by atoms with Gasteiger partial charge in [0.15, 0.2) is 0 Å². The maximum Gasteiger partial charge on any atom is 0.312 e. The molecular weight excluding hydrogens is 142 g/mol. The van der Waals surface area contributed by atoms with E-state index in [0.29, 0.717) is 6.54 Å². The first kappa shape index (κ1) is 10.4. The summed E-state index contributed by atoms with van der Waals surface area (Å²) in [5.41, 5.74) is -0.412. The predicted octanol–water partition coefficient (Wildman–Crippen LogP) is 0.795. The zero-order valence-corrected chi connectivity index (χ0v) is 7.73. The molecule has 0 amide bonds. The molecule has 0 spiro atoms. The van der Waals surface area contributed by atoms with Crippen molar-refractivity contribution in [3.8, 4) is 0 Å². The third-order valence-electron chi connectivity index (χ3n) is 1.55. The van der Waals surface area contributed by atoms with Crippen LogP contribution in [0.15, 0.2) is 0 Å². The van der Waals surface area contributed by atoms with Gasteiger partial charge in [0.25, 0.3) is 0 Å². The molecule has 0 unspecified atom stereocenters. The molecule has 11 heavy (non-hydrogen) atoms. The Hall–Kier alpha value is -0.570. The van der Waals surface area contributed by atoms with Gasteiger partial charge in [-0.15, -0.1) is 0 Å². The standard InChI is InChI=1S/C8H17NO2/c1-5-9-6-8(2,3)7(10)11-4/h9H,5-6H2,1-4H3. The van der Waals surface area contributed by atoms with E-state index >= 15 is 0 Å².